The molecule has 1 amide bonds. The van der Waals surface area contributed by atoms with Gasteiger partial charge in [0, 0.05) is 6.54 Å². The Morgan fingerprint density at radius 3 is 2.45 bits per heavy atom. The normalized spacial score (nSPS) is 13.2. The first-order valence-corrected chi connectivity index (χ1v) is 3.63. The molecule has 1 atom stereocenters. The SMILES string of the molecule is CCC(C)CNC(=O)C(F)F. The topological polar surface area (TPSA) is 29.1 Å². The maximum absolute atomic E-state index is 11.6. The van der Waals surface area contributed by atoms with Crippen LogP contribution in [0.1, 0.15) is 20.3 Å². The molecule has 0 aromatic carbocycles. The lowest BCUT2D eigenvalue weighted by atomic mass is 10.1. The van der Waals surface area contributed by atoms with Crippen LogP contribution < -0.4 is 5.32 Å². The first-order chi connectivity index (χ1) is 5.07. The smallest absolute Gasteiger partial charge is 0.315 e. The quantitative estimate of drug-likeness (QED) is 0.670. The molecule has 0 saturated carbocycles. The molecule has 0 aliphatic heterocycles. The van der Waals surface area contributed by atoms with E-state index in [0.29, 0.717) is 6.54 Å². The van der Waals surface area contributed by atoms with Crippen LogP contribution >= 0.6 is 0 Å². The molecule has 0 radical (unpaired) electrons. The number of nitrogens with one attached hydrogen (secondary N) is 1. The van der Waals surface area contributed by atoms with E-state index in [9.17, 15) is 13.6 Å². The molecular formula is C7H13F2NO. The second kappa shape index (κ2) is 5.04. The zero-order valence-electron chi connectivity index (χ0n) is 6.73. The molecule has 4 heteroatoms. The van der Waals surface area contributed by atoms with Crippen molar-refractivity contribution in [1.29, 1.82) is 0 Å². The fourth-order valence-corrected chi connectivity index (χ4v) is 0.496. The van der Waals surface area contributed by atoms with Gasteiger partial charge in [0.05, 0.1) is 0 Å². The van der Waals surface area contributed by atoms with Gasteiger partial charge < -0.3 is 5.32 Å². The Kier molecular flexibility index (Phi) is 4.74. The molecule has 0 aromatic rings. The molecule has 0 spiro atoms. The first-order valence-electron chi connectivity index (χ1n) is 3.63. The third-order valence-electron chi connectivity index (χ3n) is 1.52. The van der Waals surface area contributed by atoms with Gasteiger partial charge in [-0.2, -0.15) is 8.78 Å². The first kappa shape index (κ1) is 10.3. The Bertz CT molecular complexity index is 128. The second-order valence-electron chi connectivity index (χ2n) is 2.56. The summed E-state index contributed by atoms with van der Waals surface area (Å²) in [7, 11) is 0. The van der Waals surface area contributed by atoms with E-state index in [4.69, 9.17) is 0 Å². The standard InChI is InChI=1S/C7H13F2NO/c1-3-5(2)4-10-7(11)6(8)9/h5-6H,3-4H2,1-2H3,(H,10,11). The minimum Gasteiger partial charge on any atom is -0.351 e. The average molecular weight is 165 g/mol. The van der Waals surface area contributed by atoms with Gasteiger partial charge in [0.1, 0.15) is 0 Å². The van der Waals surface area contributed by atoms with Crippen LogP contribution in [0.2, 0.25) is 0 Å². The number of rotatable bonds is 4. The highest BCUT2D eigenvalue weighted by Gasteiger charge is 2.14. The van der Waals surface area contributed by atoms with Crippen LogP contribution in [0.5, 0.6) is 0 Å². The molecule has 0 aliphatic rings. The van der Waals surface area contributed by atoms with Gasteiger partial charge in [-0.3, -0.25) is 4.79 Å². The highest BCUT2D eigenvalue weighted by atomic mass is 19.3. The lowest BCUT2D eigenvalue weighted by Gasteiger charge is -2.08. The summed E-state index contributed by atoms with van der Waals surface area (Å²) in [6, 6.07) is 0. The number of hydrogen-bond donors (Lipinski definition) is 1. The highest BCUT2D eigenvalue weighted by molar-refractivity contribution is 5.78. The van der Waals surface area contributed by atoms with E-state index in [0.717, 1.165) is 6.42 Å². The zero-order valence-corrected chi connectivity index (χ0v) is 6.73. The molecule has 0 fully saturated rings. The Labute approximate surface area is 65.0 Å². The van der Waals surface area contributed by atoms with Gasteiger partial charge in [-0.15, -0.1) is 0 Å². The summed E-state index contributed by atoms with van der Waals surface area (Å²) in [5.74, 6) is -0.914. The van der Waals surface area contributed by atoms with Crippen LogP contribution in [0.3, 0.4) is 0 Å². The number of halogens is 2. The molecule has 0 saturated heterocycles. The van der Waals surface area contributed by atoms with Gasteiger partial charge >= 0.3 is 6.43 Å². The van der Waals surface area contributed by atoms with Crippen molar-refractivity contribution in [3.8, 4) is 0 Å². The maximum Gasteiger partial charge on any atom is 0.315 e. The number of amides is 1. The van der Waals surface area contributed by atoms with Crippen LogP contribution in [-0.4, -0.2) is 18.9 Å². The predicted molar refractivity (Wildman–Crippen MR) is 38.5 cm³/mol. The minimum absolute atomic E-state index is 0.262. The van der Waals surface area contributed by atoms with Gasteiger partial charge in [-0.25, -0.2) is 0 Å². The van der Waals surface area contributed by atoms with E-state index in [1.807, 2.05) is 13.8 Å². The van der Waals surface area contributed by atoms with Gasteiger partial charge in [0.15, 0.2) is 0 Å². The Morgan fingerprint density at radius 2 is 2.09 bits per heavy atom. The van der Waals surface area contributed by atoms with Gasteiger partial charge in [0.25, 0.3) is 5.91 Å². The van der Waals surface area contributed by atoms with Gasteiger partial charge in [-0.1, -0.05) is 20.3 Å². The lowest BCUT2D eigenvalue weighted by Crippen LogP contribution is -2.32. The monoisotopic (exact) mass is 165 g/mol. The summed E-state index contributed by atoms with van der Waals surface area (Å²) in [6.45, 7) is 4.17. The number of alkyl halides is 2. The fraction of sp³-hybridized carbons (Fsp3) is 0.857. The van der Waals surface area contributed by atoms with E-state index in [1.165, 1.54) is 0 Å². The van der Waals surface area contributed by atoms with Crippen LogP contribution in [0.25, 0.3) is 0 Å². The molecule has 66 valence electrons. The van der Waals surface area contributed by atoms with Crippen LogP contribution in [-0.2, 0) is 4.79 Å². The van der Waals surface area contributed by atoms with Crippen LogP contribution in [0.4, 0.5) is 8.78 Å². The van der Waals surface area contributed by atoms with Gasteiger partial charge in [-0.05, 0) is 5.92 Å². The second-order valence-corrected chi connectivity index (χ2v) is 2.56. The molecule has 11 heavy (non-hydrogen) atoms. The third kappa shape index (κ3) is 4.70. The van der Waals surface area contributed by atoms with Crippen molar-refractivity contribution in [3.63, 3.8) is 0 Å². The summed E-state index contributed by atoms with van der Waals surface area (Å²) in [4.78, 5) is 10.3. The largest absolute Gasteiger partial charge is 0.351 e. The number of carbonyl (C=O) groups excluding carboxylic acids is 1. The molecule has 0 aliphatic carbocycles. The van der Waals surface area contributed by atoms with E-state index < -0.39 is 12.3 Å². The minimum atomic E-state index is -2.89. The Morgan fingerprint density at radius 1 is 1.55 bits per heavy atom. The zero-order chi connectivity index (χ0) is 8.85. The molecular weight excluding hydrogens is 152 g/mol. The summed E-state index contributed by atoms with van der Waals surface area (Å²) >= 11 is 0. The van der Waals surface area contributed by atoms with Crippen molar-refractivity contribution in [2.24, 2.45) is 5.92 Å². The highest BCUT2D eigenvalue weighted by Crippen LogP contribution is 1.98. The van der Waals surface area contributed by atoms with E-state index in [2.05, 4.69) is 5.32 Å². The van der Waals surface area contributed by atoms with Crippen molar-refractivity contribution in [1.82, 2.24) is 5.32 Å². The predicted octanol–water partition coefficient (Wildman–Crippen LogP) is 1.41. The summed E-state index contributed by atoms with van der Waals surface area (Å²) in [5, 5.41) is 2.14. The third-order valence-corrected chi connectivity index (χ3v) is 1.52. The summed E-state index contributed by atoms with van der Waals surface area (Å²) in [6.07, 6.45) is -2.01. The van der Waals surface area contributed by atoms with E-state index >= 15 is 0 Å². The molecule has 1 unspecified atom stereocenters. The molecule has 1 N–H and O–H groups in total. The fourth-order valence-electron chi connectivity index (χ4n) is 0.496. The molecule has 0 heterocycles. The van der Waals surface area contributed by atoms with Crippen molar-refractivity contribution in [2.45, 2.75) is 26.7 Å². The van der Waals surface area contributed by atoms with Crippen LogP contribution in [0, 0.1) is 5.92 Å². The lowest BCUT2D eigenvalue weighted by molar-refractivity contribution is -0.131. The van der Waals surface area contributed by atoms with Crippen molar-refractivity contribution in [2.75, 3.05) is 6.54 Å². The van der Waals surface area contributed by atoms with Crippen LogP contribution in [0.15, 0.2) is 0 Å². The van der Waals surface area contributed by atoms with Crippen molar-refractivity contribution >= 4 is 5.91 Å². The summed E-state index contributed by atoms with van der Waals surface area (Å²) in [5.41, 5.74) is 0. The van der Waals surface area contributed by atoms with Crippen molar-refractivity contribution in [3.05, 3.63) is 0 Å². The average Bonchev–Trinajstić information content (AvgIpc) is 1.99. The van der Waals surface area contributed by atoms with E-state index in [-0.39, 0.29) is 5.92 Å². The number of hydrogen-bond acceptors (Lipinski definition) is 1. The summed E-state index contributed by atoms with van der Waals surface area (Å²) < 4.78 is 23.1. The Hall–Kier alpha value is -0.670. The molecule has 0 aromatic heterocycles. The Balaban J connectivity index is 3.46. The van der Waals surface area contributed by atoms with Crippen molar-refractivity contribution < 1.29 is 13.6 Å². The van der Waals surface area contributed by atoms with E-state index in [1.54, 1.807) is 0 Å². The molecule has 2 nitrogen and oxygen atoms in total. The van der Waals surface area contributed by atoms with Gasteiger partial charge in [0.2, 0.25) is 0 Å². The number of carbonyl (C=O) groups is 1. The molecule has 0 bridgehead atoms. The maximum atomic E-state index is 11.6. The molecule has 0 rings (SSSR count).